The Kier molecular flexibility index (Phi) is 3.66. The molecule has 1 unspecified atom stereocenters. The van der Waals surface area contributed by atoms with E-state index in [1.165, 1.54) is 32.1 Å². The van der Waals surface area contributed by atoms with Crippen LogP contribution in [-0.2, 0) is 4.79 Å². The second kappa shape index (κ2) is 5.00. The minimum atomic E-state index is 0.304. The normalized spacial score (nSPS) is 31.3. The van der Waals surface area contributed by atoms with E-state index in [1.54, 1.807) is 0 Å². The van der Waals surface area contributed by atoms with Crippen molar-refractivity contribution in [1.82, 2.24) is 5.32 Å². The van der Waals surface area contributed by atoms with Crippen LogP contribution < -0.4 is 5.32 Å². The summed E-state index contributed by atoms with van der Waals surface area (Å²) in [7, 11) is 0. The van der Waals surface area contributed by atoms with Crippen molar-refractivity contribution < 1.29 is 4.79 Å². The minimum Gasteiger partial charge on any atom is -0.356 e. The third-order valence-electron chi connectivity index (χ3n) is 4.05. The maximum Gasteiger partial charge on any atom is 0.223 e. The summed E-state index contributed by atoms with van der Waals surface area (Å²) in [6.07, 6.45) is 9.00. The summed E-state index contributed by atoms with van der Waals surface area (Å²) >= 11 is 0. The predicted molar refractivity (Wildman–Crippen MR) is 61.5 cm³/mol. The van der Waals surface area contributed by atoms with Crippen LogP contribution in [0.25, 0.3) is 0 Å². The van der Waals surface area contributed by atoms with E-state index in [9.17, 15) is 4.79 Å². The molecule has 2 atom stereocenters. The zero-order valence-corrected chi connectivity index (χ0v) is 9.80. The van der Waals surface area contributed by atoms with Gasteiger partial charge in [0.15, 0.2) is 0 Å². The van der Waals surface area contributed by atoms with E-state index in [-0.39, 0.29) is 0 Å². The van der Waals surface area contributed by atoms with Crippen LogP contribution >= 0.6 is 0 Å². The molecule has 15 heavy (non-hydrogen) atoms. The second-order valence-electron chi connectivity index (χ2n) is 5.38. The van der Waals surface area contributed by atoms with E-state index in [4.69, 9.17) is 0 Å². The van der Waals surface area contributed by atoms with Crippen molar-refractivity contribution in [3.63, 3.8) is 0 Å². The summed E-state index contributed by atoms with van der Waals surface area (Å²) in [6, 6.07) is 0. The van der Waals surface area contributed by atoms with Gasteiger partial charge in [-0.05, 0) is 31.1 Å². The monoisotopic (exact) mass is 209 g/mol. The molecular weight excluding hydrogens is 186 g/mol. The van der Waals surface area contributed by atoms with Crippen molar-refractivity contribution in [2.24, 2.45) is 17.8 Å². The molecule has 1 amide bonds. The quantitative estimate of drug-likeness (QED) is 0.758. The average Bonchev–Trinajstić information content (AvgIpc) is 3.04. The number of amides is 1. The van der Waals surface area contributed by atoms with Crippen LogP contribution in [-0.4, -0.2) is 12.5 Å². The summed E-state index contributed by atoms with van der Waals surface area (Å²) in [5.74, 6) is 2.40. The summed E-state index contributed by atoms with van der Waals surface area (Å²) < 4.78 is 0. The zero-order chi connectivity index (χ0) is 10.7. The van der Waals surface area contributed by atoms with Gasteiger partial charge in [-0.15, -0.1) is 0 Å². The molecule has 2 aliphatic carbocycles. The molecule has 1 N–H and O–H groups in total. The van der Waals surface area contributed by atoms with E-state index in [0.717, 1.165) is 31.2 Å². The van der Waals surface area contributed by atoms with Gasteiger partial charge in [0.2, 0.25) is 5.91 Å². The van der Waals surface area contributed by atoms with Gasteiger partial charge in [0.1, 0.15) is 0 Å². The van der Waals surface area contributed by atoms with Gasteiger partial charge in [0, 0.05) is 12.5 Å². The van der Waals surface area contributed by atoms with Crippen LogP contribution in [0.2, 0.25) is 0 Å². The molecule has 0 heterocycles. The van der Waals surface area contributed by atoms with Gasteiger partial charge in [-0.1, -0.05) is 32.6 Å². The standard InChI is InChI=1S/C13H23NO/c1-10-4-2-3-5-11(10)8-9-14-13(15)12-6-7-12/h10-12H,2-9H2,1H3,(H,14,15)/t10?,11-/m0/s1. The molecule has 0 bridgehead atoms. The first-order valence-corrected chi connectivity index (χ1v) is 6.55. The maximum atomic E-state index is 11.4. The first-order valence-electron chi connectivity index (χ1n) is 6.55. The Bertz CT molecular complexity index is 223. The lowest BCUT2D eigenvalue weighted by atomic mass is 9.79. The highest BCUT2D eigenvalue weighted by Gasteiger charge is 2.29. The highest BCUT2D eigenvalue weighted by molar-refractivity contribution is 5.80. The Labute approximate surface area is 92.8 Å². The molecule has 0 saturated heterocycles. The first kappa shape index (κ1) is 11.0. The number of hydrogen-bond acceptors (Lipinski definition) is 1. The third-order valence-corrected chi connectivity index (χ3v) is 4.05. The van der Waals surface area contributed by atoms with Crippen molar-refractivity contribution in [2.75, 3.05) is 6.54 Å². The Morgan fingerprint density at radius 3 is 2.60 bits per heavy atom. The molecule has 0 aromatic rings. The van der Waals surface area contributed by atoms with Crippen molar-refractivity contribution >= 4 is 5.91 Å². The minimum absolute atomic E-state index is 0.304. The molecule has 0 spiro atoms. The molecule has 0 radical (unpaired) electrons. The van der Waals surface area contributed by atoms with E-state index in [1.807, 2.05) is 0 Å². The fraction of sp³-hybridized carbons (Fsp3) is 0.923. The molecule has 2 fully saturated rings. The lowest BCUT2D eigenvalue weighted by molar-refractivity contribution is -0.122. The Morgan fingerprint density at radius 2 is 1.93 bits per heavy atom. The van der Waals surface area contributed by atoms with Crippen LogP contribution in [0.15, 0.2) is 0 Å². The van der Waals surface area contributed by atoms with Gasteiger partial charge in [-0.3, -0.25) is 4.79 Å². The average molecular weight is 209 g/mol. The van der Waals surface area contributed by atoms with Crippen LogP contribution in [0.1, 0.15) is 51.9 Å². The van der Waals surface area contributed by atoms with Gasteiger partial charge >= 0.3 is 0 Å². The molecule has 0 aromatic heterocycles. The summed E-state index contributed by atoms with van der Waals surface area (Å²) in [4.78, 5) is 11.4. The second-order valence-corrected chi connectivity index (χ2v) is 5.38. The molecule has 2 saturated carbocycles. The van der Waals surface area contributed by atoms with E-state index >= 15 is 0 Å². The highest BCUT2D eigenvalue weighted by Crippen LogP contribution is 2.32. The van der Waals surface area contributed by atoms with Crippen LogP contribution in [0.4, 0.5) is 0 Å². The number of hydrogen-bond donors (Lipinski definition) is 1. The van der Waals surface area contributed by atoms with Crippen molar-refractivity contribution in [3.8, 4) is 0 Å². The first-order chi connectivity index (χ1) is 7.27. The van der Waals surface area contributed by atoms with Gasteiger partial charge < -0.3 is 5.32 Å². The Morgan fingerprint density at radius 1 is 1.20 bits per heavy atom. The fourth-order valence-electron chi connectivity index (χ4n) is 2.69. The summed E-state index contributed by atoms with van der Waals surface area (Å²) in [5, 5.41) is 3.07. The van der Waals surface area contributed by atoms with Gasteiger partial charge in [-0.25, -0.2) is 0 Å². The molecule has 86 valence electrons. The molecule has 2 rings (SSSR count). The maximum absolute atomic E-state index is 11.4. The molecular formula is C13H23NO. The topological polar surface area (TPSA) is 29.1 Å². The lowest BCUT2D eigenvalue weighted by Gasteiger charge is -2.28. The van der Waals surface area contributed by atoms with E-state index in [0.29, 0.717) is 11.8 Å². The predicted octanol–water partition coefficient (Wildman–Crippen LogP) is 2.73. The fourth-order valence-corrected chi connectivity index (χ4v) is 2.69. The third kappa shape index (κ3) is 3.22. The molecule has 0 aromatic carbocycles. The van der Waals surface area contributed by atoms with Crippen LogP contribution in [0, 0.1) is 17.8 Å². The van der Waals surface area contributed by atoms with Crippen molar-refractivity contribution in [2.45, 2.75) is 51.9 Å². The Hall–Kier alpha value is -0.530. The van der Waals surface area contributed by atoms with E-state index < -0.39 is 0 Å². The molecule has 2 nitrogen and oxygen atoms in total. The van der Waals surface area contributed by atoms with Gasteiger partial charge in [0.05, 0.1) is 0 Å². The molecule has 2 aliphatic rings. The number of rotatable bonds is 4. The Balaban J connectivity index is 1.61. The molecule has 0 aliphatic heterocycles. The number of carbonyl (C=O) groups excluding carboxylic acids is 1. The summed E-state index contributed by atoms with van der Waals surface area (Å²) in [5.41, 5.74) is 0. The molecule has 2 heteroatoms. The summed E-state index contributed by atoms with van der Waals surface area (Å²) in [6.45, 7) is 3.27. The SMILES string of the molecule is CC1CCCC[C@H]1CCNC(=O)C1CC1. The number of nitrogens with one attached hydrogen (secondary N) is 1. The smallest absolute Gasteiger partial charge is 0.223 e. The van der Waals surface area contributed by atoms with Gasteiger partial charge in [-0.2, -0.15) is 0 Å². The largest absolute Gasteiger partial charge is 0.356 e. The van der Waals surface area contributed by atoms with Crippen LogP contribution in [0.5, 0.6) is 0 Å². The number of carbonyl (C=O) groups is 1. The van der Waals surface area contributed by atoms with E-state index in [2.05, 4.69) is 12.2 Å². The lowest BCUT2D eigenvalue weighted by Crippen LogP contribution is -2.29. The highest BCUT2D eigenvalue weighted by atomic mass is 16.2. The van der Waals surface area contributed by atoms with Crippen LogP contribution in [0.3, 0.4) is 0 Å². The van der Waals surface area contributed by atoms with Crippen molar-refractivity contribution in [3.05, 3.63) is 0 Å². The van der Waals surface area contributed by atoms with Crippen molar-refractivity contribution in [1.29, 1.82) is 0 Å². The zero-order valence-electron chi connectivity index (χ0n) is 9.80. The van der Waals surface area contributed by atoms with Gasteiger partial charge in [0.25, 0.3) is 0 Å².